The maximum Gasteiger partial charge on any atom is 0.416 e. The van der Waals surface area contributed by atoms with Crippen LogP contribution >= 0.6 is 11.6 Å². The standard InChI is InChI=1S/C16H15ClF3N/c1-10-6-7-14(9-15(10)17)21-11(2)12-4-3-5-13(8-12)16(18,19)20/h3-9,11,21H,1-2H3. The quantitative estimate of drug-likeness (QED) is 0.750. The van der Waals surface area contributed by atoms with Crippen molar-refractivity contribution in [3.63, 3.8) is 0 Å². The molecule has 0 amide bonds. The van der Waals surface area contributed by atoms with Crippen molar-refractivity contribution in [3.05, 3.63) is 64.2 Å². The summed E-state index contributed by atoms with van der Waals surface area (Å²) in [6, 6.07) is 10.5. The maximum atomic E-state index is 12.7. The number of halogens is 4. The summed E-state index contributed by atoms with van der Waals surface area (Å²) >= 11 is 6.04. The van der Waals surface area contributed by atoms with Gasteiger partial charge in [0.05, 0.1) is 5.56 Å². The molecule has 0 radical (unpaired) electrons. The molecule has 0 saturated heterocycles. The van der Waals surface area contributed by atoms with Crippen molar-refractivity contribution in [3.8, 4) is 0 Å². The van der Waals surface area contributed by atoms with Crippen molar-refractivity contribution in [2.24, 2.45) is 0 Å². The molecule has 0 spiro atoms. The Morgan fingerprint density at radius 2 is 1.81 bits per heavy atom. The van der Waals surface area contributed by atoms with Gasteiger partial charge in [0.1, 0.15) is 0 Å². The Labute approximate surface area is 126 Å². The van der Waals surface area contributed by atoms with E-state index in [4.69, 9.17) is 11.6 Å². The van der Waals surface area contributed by atoms with Gasteiger partial charge in [-0.2, -0.15) is 13.2 Å². The molecule has 2 aromatic carbocycles. The van der Waals surface area contributed by atoms with Crippen LogP contribution in [0.4, 0.5) is 18.9 Å². The summed E-state index contributed by atoms with van der Waals surface area (Å²) in [5.74, 6) is 0. The molecule has 21 heavy (non-hydrogen) atoms. The Bertz CT molecular complexity index is 638. The smallest absolute Gasteiger partial charge is 0.378 e. The first kappa shape index (κ1) is 15.7. The van der Waals surface area contributed by atoms with Crippen LogP contribution in [0.5, 0.6) is 0 Å². The van der Waals surface area contributed by atoms with Crippen LogP contribution in [0.1, 0.15) is 29.7 Å². The summed E-state index contributed by atoms with van der Waals surface area (Å²) < 4.78 is 38.2. The van der Waals surface area contributed by atoms with Crippen molar-refractivity contribution in [2.75, 3.05) is 5.32 Å². The number of hydrogen-bond acceptors (Lipinski definition) is 1. The van der Waals surface area contributed by atoms with Crippen LogP contribution in [0.3, 0.4) is 0 Å². The third kappa shape index (κ3) is 3.91. The lowest BCUT2D eigenvalue weighted by Gasteiger charge is -2.18. The van der Waals surface area contributed by atoms with Gasteiger partial charge in [-0.25, -0.2) is 0 Å². The van der Waals surface area contributed by atoms with Crippen molar-refractivity contribution in [1.29, 1.82) is 0 Å². The predicted molar refractivity (Wildman–Crippen MR) is 79.7 cm³/mol. The minimum atomic E-state index is -4.33. The minimum absolute atomic E-state index is 0.258. The largest absolute Gasteiger partial charge is 0.416 e. The molecule has 5 heteroatoms. The van der Waals surface area contributed by atoms with Gasteiger partial charge in [-0.05, 0) is 49.2 Å². The maximum absolute atomic E-state index is 12.7. The third-order valence-electron chi connectivity index (χ3n) is 3.27. The summed E-state index contributed by atoms with van der Waals surface area (Å²) in [6.45, 7) is 3.70. The number of anilines is 1. The molecule has 0 saturated carbocycles. The Hall–Kier alpha value is -1.68. The van der Waals surface area contributed by atoms with Crippen LogP contribution in [0.2, 0.25) is 5.02 Å². The van der Waals surface area contributed by atoms with Crippen molar-refractivity contribution in [2.45, 2.75) is 26.1 Å². The zero-order valence-electron chi connectivity index (χ0n) is 11.6. The molecule has 2 rings (SSSR count). The highest BCUT2D eigenvalue weighted by Gasteiger charge is 2.30. The molecule has 0 fully saturated rings. The molecule has 2 aromatic rings. The normalized spacial score (nSPS) is 13.0. The lowest BCUT2D eigenvalue weighted by molar-refractivity contribution is -0.137. The minimum Gasteiger partial charge on any atom is -0.378 e. The van der Waals surface area contributed by atoms with Gasteiger partial charge in [-0.15, -0.1) is 0 Å². The van der Waals surface area contributed by atoms with E-state index in [1.807, 2.05) is 26.0 Å². The zero-order chi connectivity index (χ0) is 15.6. The van der Waals surface area contributed by atoms with Gasteiger partial charge in [0.25, 0.3) is 0 Å². The summed E-state index contributed by atoms with van der Waals surface area (Å²) in [5, 5.41) is 3.77. The zero-order valence-corrected chi connectivity index (χ0v) is 12.4. The van der Waals surface area contributed by atoms with Gasteiger partial charge in [-0.1, -0.05) is 29.8 Å². The molecule has 0 aliphatic heterocycles. The Balaban J connectivity index is 2.20. The highest BCUT2D eigenvalue weighted by atomic mass is 35.5. The first-order valence-corrected chi connectivity index (χ1v) is 6.85. The third-order valence-corrected chi connectivity index (χ3v) is 3.68. The fraction of sp³-hybridized carbons (Fsp3) is 0.250. The molecule has 0 heterocycles. The van der Waals surface area contributed by atoms with E-state index in [0.717, 1.165) is 23.4 Å². The van der Waals surface area contributed by atoms with Crippen LogP contribution in [0.25, 0.3) is 0 Å². The van der Waals surface area contributed by atoms with Crippen LogP contribution in [-0.4, -0.2) is 0 Å². The Morgan fingerprint density at radius 3 is 2.43 bits per heavy atom. The molecular weight excluding hydrogens is 299 g/mol. The number of hydrogen-bond donors (Lipinski definition) is 1. The molecule has 0 aromatic heterocycles. The van der Waals surface area contributed by atoms with Crippen LogP contribution < -0.4 is 5.32 Å². The average Bonchev–Trinajstić information content (AvgIpc) is 2.42. The van der Waals surface area contributed by atoms with E-state index < -0.39 is 11.7 Å². The summed E-state index contributed by atoms with van der Waals surface area (Å²) in [4.78, 5) is 0. The summed E-state index contributed by atoms with van der Waals surface area (Å²) in [5.41, 5.74) is 1.65. The van der Waals surface area contributed by atoms with E-state index >= 15 is 0 Å². The molecule has 0 bridgehead atoms. The fourth-order valence-corrected chi connectivity index (χ4v) is 2.18. The van der Waals surface area contributed by atoms with Crippen molar-refractivity contribution >= 4 is 17.3 Å². The molecular formula is C16H15ClF3N. The van der Waals surface area contributed by atoms with Gasteiger partial charge in [-0.3, -0.25) is 0 Å². The van der Waals surface area contributed by atoms with E-state index in [9.17, 15) is 13.2 Å². The SMILES string of the molecule is Cc1ccc(NC(C)c2cccc(C(F)(F)F)c2)cc1Cl. The molecule has 1 unspecified atom stereocenters. The number of alkyl halides is 3. The van der Waals surface area contributed by atoms with Crippen molar-refractivity contribution in [1.82, 2.24) is 0 Å². The summed E-state index contributed by atoms with van der Waals surface area (Å²) in [6.07, 6.45) is -4.33. The average molecular weight is 314 g/mol. The van der Waals surface area contributed by atoms with E-state index in [1.165, 1.54) is 6.07 Å². The Morgan fingerprint density at radius 1 is 1.10 bits per heavy atom. The second kappa shape index (κ2) is 5.98. The highest BCUT2D eigenvalue weighted by molar-refractivity contribution is 6.31. The molecule has 0 aliphatic carbocycles. The van der Waals surface area contributed by atoms with Gasteiger partial charge in [0, 0.05) is 16.8 Å². The predicted octanol–water partition coefficient (Wildman–Crippen LogP) is 5.84. The monoisotopic (exact) mass is 313 g/mol. The van der Waals surface area contributed by atoms with Crippen LogP contribution in [0, 0.1) is 6.92 Å². The van der Waals surface area contributed by atoms with Gasteiger partial charge in [0.15, 0.2) is 0 Å². The van der Waals surface area contributed by atoms with Gasteiger partial charge in [0.2, 0.25) is 0 Å². The number of rotatable bonds is 3. The van der Waals surface area contributed by atoms with Gasteiger partial charge < -0.3 is 5.32 Å². The van der Waals surface area contributed by atoms with E-state index in [0.29, 0.717) is 10.6 Å². The number of benzene rings is 2. The van der Waals surface area contributed by atoms with Crippen LogP contribution in [0.15, 0.2) is 42.5 Å². The first-order valence-electron chi connectivity index (χ1n) is 6.47. The molecule has 1 nitrogen and oxygen atoms in total. The van der Waals surface area contributed by atoms with E-state index in [-0.39, 0.29) is 6.04 Å². The molecule has 0 aliphatic rings. The highest BCUT2D eigenvalue weighted by Crippen LogP contribution is 2.31. The first-order chi connectivity index (χ1) is 9.77. The summed E-state index contributed by atoms with van der Waals surface area (Å²) in [7, 11) is 0. The van der Waals surface area contributed by atoms with Crippen molar-refractivity contribution < 1.29 is 13.2 Å². The fourth-order valence-electron chi connectivity index (χ4n) is 2.00. The van der Waals surface area contributed by atoms with E-state index in [1.54, 1.807) is 12.1 Å². The molecule has 112 valence electrons. The van der Waals surface area contributed by atoms with E-state index in [2.05, 4.69) is 5.32 Å². The Kier molecular flexibility index (Phi) is 4.47. The number of aryl methyl sites for hydroxylation is 1. The molecule has 1 atom stereocenters. The topological polar surface area (TPSA) is 12.0 Å². The lowest BCUT2D eigenvalue weighted by atomic mass is 10.0. The van der Waals surface area contributed by atoms with Gasteiger partial charge >= 0.3 is 6.18 Å². The second-order valence-corrected chi connectivity index (χ2v) is 5.36. The van der Waals surface area contributed by atoms with Crippen LogP contribution in [-0.2, 0) is 6.18 Å². The lowest BCUT2D eigenvalue weighted by Crippen LogP contribution is -2.10. The number of nitrogens with one attached hydrogen (secondary N) is 1. The molecule has 1 N–H and O–H groups in total. The second-order valence-electron chi connectivity index (χ2n) is 4.95.